The van der Waals surface area contributed by atoms with Crippen molar-refractivity contribution in [2.24, 2.45) is 0 Å². The number of fused-ring (bicyclic) bond motifs is 1. The van der Waals surface area contributed by atoms with E-state index in [1.54, 1.807) is 42.7 Å². The minimum atomic E-state index is -5.98. The van der Waals surface area contributed by atoms with Crippen LogP contribution in [-0.4, -0.2) is 52.1 Å². The average molecular weight is 555 g/mol. The maximum atomic E-state index is 13.3. The number of rotatable bonds is 5. The molecule has 0 spiro atoms. The van der Waals surface area contributed by atoms with Crippen LogP contribution in [0.3, 0.4) is 0 Å². The van der Waals surface area contributed by atoms with Crippen LogP contribution in [0.1, 0.15) is 22.7 Å². The van der Waals surface area contributed by atoms with Crippen LogP contribution in [-0.2, 0) is 12.1 Å². The molecule has 39 heavy (non-hydrogen) atoms. The first-order chi connectivity index (χ1) is 18.0. The standard InChI is InChI=1S/C26H23F6N3O4/c1-14-10-17-11-18(24(37,25(27,28)29)26(30,31)32)8-9-21(17)35(14)13-20-15(2)38-22(33-20)16-6-5-7-19(12-16)39-23(36)34(3)4/h5-12,37H,13H2,1-4H3. The summed E-state index contributed by atoms with van der Waals surface area (Å²) in [7, 11) is 3.08. The first-order valence-electron chi connectivity index (χ1n) is 11.4. The van der Waals surface area contributed by atoms with Crippen LogP contribution < -0.4 is 4.74 Å². The molecule has 4 aromatic rings. The number of carbonyl (C=O) groups excluding carboxylic acids is 1. The van der Waals surface area contributed by atoms with Crippen LogP contribution in [0.25, 0.3) is 22.4 Å². The maximum absolute atomic E-state index is 13.3. The Hall–Kier alpha value is -4.00. The number of aromatic nitrogens is 2. The predicted octanol–water partition coefficient (Wildman–Crippen LogP) is 6.33. The third-order valence-corrected chi connectivity index (χ3v) is 6.20. The van der Waals surface area contributed by atoms with Crippen molar-refractivity contribution in [3.8, 4) is 17.2 Å². The minimum Gasteiger partial charge on any atom is -0.441 e. The lowest BCUT2D eigenvalue weighted by Gasteiger charge is -2.32. The van der Waals surface area contributed by atoms with Gasteiger partial charge in [0, 0.05) is 41.8 Å². The molecule has 13 heteroatoms. The first kappa shape index (κ1) is 28.0. The van der Waals surface area contributed by atoms with E-state index in [1.165, 1.54) is 25.1 Å². The average Bonchev–Trinajstić information content (AvgIpc) is 3.35. The number of hydrogen-bond acceptors (Lipinski definition) is 5. The number of aliphatic hydroxyl groups is 1. The highest BCUT2D eigenvalue weighted by Gasteiger charge is 2.71. The zero-order valence-electron chi connectivity index (χ0n) is 21.1. The Kier molecular flexibility index (Phi) is 6.92. The maximum Gasteiger partial charge on any atom is 0.430 e. The van der Waals surface area contributed by atoms with Gasteiger partial charge in [-0.15, -0.1) is 0 Å². The molecule has 0 saturated carbocycles. The Balaban J connectivity index is 1.67. The third-order valence-electron chi connectivity index (χ3n) is 6.20. The second-order valence-electron chi connectivity index (χ2n) is 9.16. The number of ether oxygens (including phenoxy) is 1. The zero-order chi connectivity index (χ0) is 28.9. The van der Waals surface area contributed by atoms with Gasteiger partial charge in [-0.05, 0) is 50.2 Å². The number of nitrogens with zero attached hydrogens (tertiary/aromatic N) is 3. The van der Waals surface area contributed by atoms with E-state index in [0.29, 0.717) is 40.4 Å². The van der Waals surface area contributed by atoms with Crippen molar-refractivity contribution in [1.29, 1.82) is 0 Å². The van der Waals surface area contributed by atoms with Gasteiger partial charge in [0.1, 0.15) is 17.2 Å². The smallest absolute Gasteiger partial charge is 0.430 e. The van der Waals surface area contributed by atoms with Gasteiger partial charge in [-0.1, -0.05) is 12.1 Å². The number of alkyl halides is 6. The highest BCUT2D eigenvalue weighted by atomic mass is 19.4. The summed E-state index contributed by atoms with van der Waals surface area (Å²) in [5, 5.41) is 9.84. The monoisotopic (exact) mass is 555 g/mol. The van der Waals surface area contributed by atoms with Crippen molar-refractivity contribution in [2.45, 2.75) is 38.3 Å². The molecule has 0 saturated heterocycles. The molecule has 0 aliphatic carbocycles. The molecule has 0 radical (unpaired) electrons. The molecular weight excluding hydrogens is 532 g/mol. The Bertz CT molecular complexity index is 1520. The van der Waals surface area contributed by atoms with Gasteiger partial charge in [0.15, 0.2) is 0 Å². The Morgan fingerprint density at radius 1 is 1.03 bits per heavy atom. The normalized spacial score (nSPS) is 12.7. The van der Waals surface area contributed by atoms with Gasteiger partial charge >= 0.3 is 18.4 Å². The fourth-order valence-corrected chi connectivity index (χ4v) is 4.06. The summed E-state index contributed by atoms with van der Waals surface area (Å²) in [5.74, 6) is 0.925. The van der Waals surface area contributed by atoms with Crippen LogP contribution in [0.2, 0.25) is 0 Å². The van der Waals surface area contributed by atoms with Gasteiger partial charge in [0.2, 0.25) is 5.89 Å². The molecule has 0 aliphatic heterocycles. The van der Waals surface area contributed by atoms with E-state index in [-0.39, 0.29) is 23.6 Å². The van der Waals surface area contributed by atoms with Gasteiger partial charge in [-0.25, -0.2) is 9.78 Å². The van der Waals surface area contributed by atoms with Crippen LogP contribution in [0.5, 0.6) is 5.75 Å². The fraction of sp³-hybridized carbons (Fsp3) is 0.308. The van der Waals surface area contributed by atoms with Crippen molar-refractivity contribution in [1.82, 2.24) is 14.5 Å². The Labute approximate surface area is 218 Å². The summed E-state index contributed by atoms with van der Waals surface area (Å²) in [6.07, 6.45) is -12.5. The lowest BCUT2D eigenvalue weighted by Crippen LogP contribution is -2.53. The number of aryl methyl sites for hydroxylation is 2. The molecule has 1 amide bonds. The third kappa shape index (κ3) is 5.05. The van der Waals surface area contributed by atoms with E-state index in [0.717, 1.165) is 6.07 Å². The van der Waals surface area contributed by atoms with Crippen molar-refractivity contribution in [3.05, 3.63) is 71.2 Å². The molecule has 1 N–H and O–H groups in total. The highest BCUT2D eigenvalue weighted by molar-refractivity contribution is 5.82. The zero-order valence-corrected chi connectivity index (χ0v) is 21.1. The SMILES string of the molecule is Cc1oc(-c2cccc(OC(=O)N(C)C)c2)nc1Cn1c(C)cc2cc(C(O)(C(F)(F)F)C(F)(F)F)ccc21. The molecule has 7 nitrogen and oxygen atoms in total. The number of halogens is 6. The van der Waals surface area contributed by atoms with Gasteiger partial charge in [0.05, 0.1) is 6.54 Å². The van der Waals surface area contributed by atoms with Crippen molar-refractivity contribution >= 4 is 17.0 Å². The molecule has 208 valence electrons. The van der Waals surface area contributed by atoms with E-state index in [9.17, 15) is 36.2 Å². The molecule has 0 aliphatic rings. The molecule has 0 atom stereocenters. The lowest BCUT2D eigenvalue weighted by molar-refractivity contribution is -0.376. The summed E-state index contributed by atoms with van der Waals surface area (Å²) < 4.78 is 92.8. The van der Waals surface area contributed by atoms with E-state index in [4.69, 9.17) is 9.15 Å². The van der Waals surface area contributed by atoms with Crippen molar-refractivity contribution in [3.63, 3.8) is 0 Å². The number of benzene rings is 2. The molecule has 0 bridgehead atoms. The molecule has 2 heterocycles. The highest BCUT2D eigenvalue weighted by Crippen LogP contribution is 2.50. The molecule has 0 unspecified atom stereocenters. The number of amides is 1. The summed E-state index contributed by atoms with van der Waals surface area (Å²) in [4.78, 5) is 17.6. The number of oxazole rings is 1. The molecule has 2 aromatic carbocycles. The fourth-order valence-electron chi connectivity index (χ4n) is 4.06. The van der Waals surface area contributed by atoms with E-state index >= 15 is 0 Å². The Morgan fingerprint density at radius 3 is 2.31 bits per heavy atom. The van der Waals surface area contributed by atoms with Crippen LogP contribution >= 0.6 is 0 Å². The summed E-state index contributed by atoms with van der Waals surface area (Å²) in [5.41, 5.74) is -4.49. The molecular formula is C26H23F6N3O4. The summed E-state index contributed by atoms with van der Waals surface area (Å²) >= 11 is 0. The first-order valence-corrected chi connectivity index (χ1v) is 11.4. The molecule has 0 fully saturated rings. The second-order valence-corrected chi connectivity index (χ2v) is 9.16. The topological polar surface area (TPSA) is 80.7 Å². The van der Waals surface area contributed by atoms with Crippen LogP contribution in [0.15, 0.2) is 52.9 Å². The van der Waals surface area contributed by atoms with Crippen LogP contribution in [0.4, 0.5) is 31.1 Å². The molecule has 2 aromatic heterocycles. The van der Waals surface area contributed by atoms with Gasteiger partial charge in [-0.3, -0.25) is 0 Å². The summed E-state index contributed by atoms with van der Waals surface area (Å²) in [6, 6.07) is 10.3. The minimum absolute atomic E-state index is 0.0775. The quantitative estimate of drug-likeness (QED) is 0.291. The number of carbonyl (C=O) groups is 1. The van der Waals surface area contributed by atoms with Gasteiger partial charge in [0.25, 0.3) is 5.60 Å². The van der Waals surface area contributed by atoms with E-state index < -0.39 is 29.6 Å². The Morgan fingerprint density at radius 2 is 1.69 bits per heavy atom. The number of hydrogen-bond donors (Lipinski definition) is 1. The predicted molar refractivity (Wildman–Crippen MR) is 128 cm³/mol. The largest absolute Gasteiger partial charge is 0.441 e. The van der Waals surface area contributed by atoms with Gasteiger partial charge in [-0.2, -0.15) is 26.3 Å². The summed E-state index contributed by atoms with van der Waals surface area (Å²) in [6.45, 7) is 3.40. The van der Waals surface area contributed by atoms with E-state index in [1.807, 2.05) is 0 Å². The van der Waals surface area contributed by atoms with Gasteiger partial charge < -0.3 is 23.7 Å². The van der Waals surface area contributed by atoms with Crippen molar-refractivity contribution < 1.29 is 45.4 Å². The van der Waals surface area contributed by atoms with E-state index in [2.05, 4.69) is 4.98 Å². The van der Waals surface area contributed by atoms with Crippen molar-refractivity contribution in [2.75, 3.05) is 14.1 Å². The lowest BCUT2D eigenvalue weighted by atomic mass is 9.91. The second kappa shape index (κ2) is 9.63. The van der Waals surface area contributed by atoms with Crippen LogP contribution in [0, 0.1) is 13.8 Å². The molecule has 4 rings (SSSR count).